The van der Waals surface area contributed by atoms with Gasteiger partial charge >= 0.3 is 0 Å². The summed E-state index contributed by atoms with van der Waals surface area (Å²) in [5.74, 6) is 1.01. The predicted molar refractivity (Wildman–Crippen MR) is 99.5 cm³/mol. The fraction of sp³-hybridized carbons (Fsp3) is 0.429. The molecule has 2 amide bonds. The number of likely N-dealkylation sites (N-methyl/N-ethyl adjacent to an activating group) is 1. The Labute approximate surface area is 154 Å². The summed E-state index contributed by atoms with van der Waals surface area (Å²) in [7, 11) is 1.84. The summed E-state index contributed by atoms with van der Waals surface area (Å²) in [6, 6.07) is 13.9. The van der Waals surface area contributed by atoms with E-state index in [9.17, 15) is 9.59 Å². The van der Waals surface area contributed by atoms with E-state index >= 15 is 0 Å². The normalized spacial score (nSPS) is 19.3. The molecule has 0 radical (unpaired) electrons. The molecule has 2 aromatic rings. The number of carbonyl (C=O) groups excluding carboxylic acids is 2. The van der Waals surface area contributed by atoms with E-state index in [-0.39, 0.29) is 17.4 Å². The lowest BCUT2D eigenvalue weighted by Crippen LogP contribution is -2.44. The van der Waals surface area contributed by atoms with Gasteiger partial charge in [-0.3, -0.25) is 9.59 Å². The van der Waals surface area contributed by atoms with E-state index in [2.05, 4.69) is 17.4 Å². The van der Waals surface area contributed by atoms with Gasteiger partial charge in [-0.15, -0.1) is 0 Å². The maximum Gasteiger partial charge on any atom is 0.222 e. The van der Waals surface area contributed by atoms with E-state index in [1.165, 1.54) is 5.56 Å². The molecular formula is C21H26N2O3. The van der Waals surface area contributed by atoms with Crippen LogP contribution in [0.2, 0.25) is 0 Å². The number of hydrogen-bond donors (Lipinski definition) is 1. The highest BCUT2D eigenvalue weighted by molar-refractivity contribution is 5.80. The van der Waals surface area contributed by atoms with Gasteiger partial charge in [0.25, 0.3) is 0 Å². The fourth-order valence-corrected chi connectivity index (χ4v) is 3.53. The van der Waals surface area contributed by atoms with Crippen molar-refractivity contribution >= 4 is 11.8 Å². The zero-order chi connectivity index (χ0) is 18.4. The smallest absolute Gasteiger partial charge is 0.222 e. The summed E-state index contributed by atoms with van der Waals surface area (Å²) >= 11 is 0. The minimum Gasteiger partial charge on any atom is -0.469 e. The summed E-state index contributed by atoms with van der Waals surface area (Å²) in [6.45, 7) is 0.695. The summed E-state index contributed by atoms with van der Waals surface area (Å²) in [4.78, 5) is 26.1. The number of hydrogen-bond acceptors (Lipinski definition) is 3. The minimum absolute atomic E-state index is 0.0569. The Kier molecular flexibility index (Phi) is 5.76. The van der Waals surface area contributed by atoms with Crippen LogP contribution < -0.4 is 5.32 Å². The number of nitrogens with one attached hydrogen (secondary N) is 1. The zero-order valence-electron chi connectivity index (χ0n) is 15.2. The SMILES string of the molecule is CN(CCc1ccccc1)C(=O)CC[C@]1(Cc2ccco2)CCC(=O)N1. The second-order valence-corrected chi connectivity index (χ2v) is 7.14. The van der Waals surface area contributed by atoms with E-state index in [1.807, 2.05) is 37.4 Å². The van der Waals surface area contributed by atoms with Crippen molar-refractivity contribution in [2.24, 2.45) is 0 Å². The number of nitrogens with zero attached hydrogens (tertiary/aromatic N) is 1. The van der Waals surface area contributed by atoms with Gasteiger partial charge in [0.2, 0.25) is 11.8 Å². The molecule has 1 aliphatic heterocycles. The van der Waals surface area contributed by atoms with Gasteiger partial charge in [-0.1, -0.05) is 30.3 Å². The Morgan fingerprint density at radius 1 is 1.23 bits per heavy atom. The maximum absolute atomic E-state index is 12.5. The van der Waals surface area contributed by atoms with Crippen LogP contribution in [0.3, 0.4) is 0 Å². The molecule has 0 spiro atoms. The van der Waals surface area contributed by atoms with Crippen molar-refractivity contribution in [2.45, 2.75) is 44.1 Å². The summed E-state index contributed by atoms with van der Waals surface area (Å²) in [5, 5.41) is 3.09. The van der Waals surface area contributed by atoms with E-state index < -0.39 is 0 Å². The number of amides is 2. The molecule has 1 atom stereocenters. The molecule has 138 valence electrons. The highest BCUT2D eigenvalue weighted by Crippen LogP contribution is 2.30. The lowest BCUT2D eigenvalue weighted by Gasteiger charge is -2.29. The van der Waals surface area contributed by atoms with Crippen LogP contribution in [0.15, 0.2) is 53.1 Å². The van der Waals surface area contributed by atoms with E-state index in [1.54, 1.807) is 11.2 Å². The first-order valence-electron chi connectivity index (χ1n) is 9.18. The predicted octanol–water partition coefficient (Wildman–Crippen LogP) is 2.95. The van der Waals surface area contributed by atoms with Crippen molar-refractivity contribution in [3.63, 3.8) is 0 Å². The highest BCUT2D eigenvalue weighted by atomic mass is 16.3. The lowest BCUT2D eigenvalue weighted by atomic mass is 9.87. The molecule has 1 aromatic carbocycles. The highest BCUT2D eigenvalue weighted by Gasteiger charge is 2.38. The Balaban J connectivity index is 1.53. The van der Waals surface area contributed by atoms with Crippen LogP contribution in [-0.4, -0.2) is 35.8 Å². The number of carbonyl (C=O) groups is 2. The summed E-state index contributed by atoms with van der Waals surface area (Å²) < 4.78 is 5.45. The third-order valence-corrected chi connectivity index (χ3v) is 5.15. The zero-order valence-corrected chi connectivity index (χ0v) is 15.2. The average molecular weight is 354 g/mol. The van der Waals surface area contributed by atoms with Crippen molar-refractivity contribution in [1.29, 1.82) is 0 Å². The Hall–Kier alpha value is -2.56. The Morgan fingerprint density at radius 3 is 2.69 bits per heavy atom. The first-order valence-corrected chi connectivity index (χ1v) is 9.18. The van der Waals surface area contributed by atoms with Gasteiger partial charge in [0.05, 0.1) is 6.26 Å². The Bertz CT molecular complexity index is 727. The molecule has 1 saturated heterocycles. The molecule has 0 bridgehead atoms. The van der Waals surface area contributed by atoms with E-state index in [0.717, 1.165) is 18.6 Å². The van der Waals surface area contributed by atoms with Gasteiger partial charge in [0.15, 0.2) is 0 Å². The molecule has 0 unspecified atom stereocenters. The molecular weight excluding hydrogens is 328 g/mol. The number of furan rings is 1. The maximum atomic E-state index is 12.5. The minimum atomic E-state index is -0.370. The van der Waals surface area contributed by atoms with Crippen LogP contribution in [0.5, 0.6) is 0 Å². The quantitative estimate of drug-likeness (QED) is 0.793. The average Bonchev–Trinajstić information content (AvgIpc) is 3.29. The molecule has 0 saturated carbocycles. The van der Waals surface area contributed by atoms with E-state index in [4.69, 9.17) is 4.42 Å². The van der Waals surface area contributed by atoms with Crippen molar-refractivity contribution in [3.05, 3.63) is 60.1 Å². The third kappa shape index (κ3) is 4.75. The van der Waals surface area contributed by atoms with Crippen LogP contribution in [-0.2, 0) is 22.4 Å². The van der Waals surface area contributed by atoms with Crippen LogP contribution in [0.25, 0.3) is 0 Å². The molecule has 26 heavy (non-hydrogen) atoms. The fourth-order valence-electron chi connectivity index (χ4n) is 3.53. The number of benzene rings is 1. The standard InChI is InChI=1S/C21H26N2O3/c1-23(14-11-17-6-3-2-4-7-17)20(25)10-13-21(12-9-19(24)22-21)16-18-8-5-15-26-18/h2-8,15H,9-14,16H2,1H3,(H,22,24)/t21-/m0/s1. The lowest BCUT2D eigenvalue weighted by molar-refractivity contribution is -0.130. The molecule has 2 heterocycles. The molecule has 1 aliphatic rings. The second kappa shape index (κ2) is 8.21. The molecule has 5 heteroatoms. The van der Waals surface area contributed by atoms with E-state index in [0.29, 0.717) is 32.2 Å². The van der Waals surface area contributed by atoms with Gasteiger partial charge in [-0.2, -0.15) is 0 Å². The second-order valence-electron chi connectivity index (χ2n) is 7.14. The van der Waals surface area contributed by atoms with Gasteiger partial charge in [0, 0.05) is 38.4 Å². The first kappa shape index (κ1) is 18.2. The Morgan fingerprint density at radius 2 is 2.04 bits per heavy atom. The van der Waals surface area contributed by atoms with Gasteiger partial charge in [0.1, 0.15) is 5.76 Å². The van der Waals surface area contributed by atoms with Gasteiger partial charge in [-0.05, 0) is 37.0 Å². The number of rotatable bonds is 8. The molecule has 5 nitrogen and oxygen atoms in total. The van der Waals surface area contributed by atoms with Gasteiger partial charge in [-0.25, -0.2) is 0 Å². The topological polar surface area (TPSA) is 62.6 Å². The third-order valence-electron chi connectivity index (χ3n) is 5.15. The first-order chi connectivity index (χ1) is 12.6. The molecule has 1 fully saturated rings. The van der Waals surface area contributed by atoms with Crippen LogP contribution in [0.4, 0.5) is 0 Å². The molecule has 3 rings (SSSR count). The van der Waals surface area contributed by atoms with Crippen molar-refractivity contribution in [3.8, 4) is 0 Å². The largest absolute Gasteiger partial charge is 0.469 e. The van der Waals surface area contributed by atoms with Crippen LogP contribution in [0.1, 0.15) is 37.0 Å². The summed E-state index contributed by atoms with van der Waals surface area (Å²) in [5.41, 5.74) is 0.856. The van der Waals surface area contributed by atoms with Crippen molar-refractivity contribution < 1.29 is 14.0 Å². The van der Waals surface area contributed by atoms with Crippen molar-refractivity contribution in [2.75, 3.05) is 13.6 Å². The molecule has 1 aromatic heterocycles. The molecule has 0 aliphatic carbocycles. The summed E-state index contributed by atoms with van der Waals surface area (Å²) in [6.07, 6.45) is 5.43. The monoisotopic (exact) mass is 354 g/mol. The van der Waals surface area contributed by atoms with Crippen LogP contribution in [0, 0.1) is 0 Å². The van der Waals surface area contributed by atoms with Crippen molar-refractivity contribution in [1.82, 2.24) is 10.2 Å². The molecule has 1 N–H and O–H groups in total. The van der Waals surface area contributed by atoms with Gasteiger partial charge < -0.3 is 14.6 Å². The van der Waals surface area contributed by atoms with Crippen LogP contribution >= 0.6 is 0 Å².